The molecule has 0 aromatic carbocycles. The van der Waals surface area contributed by atoms with Crippen LogP contribution in [0.2, 0.25) is 0 Å². The normalized spacial score (nSPS) is 24.5. The number of nitriles is 1. The molecule has 0 amide bonds. The summed E-state index contributed by atoms with van der Waals surface area (Å²) in [6, 6.07) is 2.31. The van der Waals surface area contributed by atoms with E-state index in [-0.39, 0.29) is 0 Å². The summed E-state index contributed by atoms with van der Waals surface area (Å²) >= 11 is 4.34. The predicted octanol–water partition coefficient (Wildman–Crippen LogP) is 1.50. The first-order chi connectivity index (χ1) is 5.24. The maximum Gasteiger partial charge on any atom is 0.0656 e. The predicted molar refractivity (Wildman–Crippen MR) is 48.4 cm³/mol. The van der Waals surface area contributed by atoms with Crippen molar-refractivity contribution < 1.29 is 0 Å². The van der Waals surface area contributed by atoms with Gasteiger partial charge in [0.2, 0.25) is 0 Å². The Morgan fingerprint density at radius 2 is 2.09 bits per heavy atom. The summed E-state index contributed by atoms with van der Waals surface area (Å²) in [4.78, 5) is 2.30. The fourth-order valence-corrected chi connectivity index (χ4v) is 1.63. The molecule has 1 fully saturated rings. The smallest absolute Gasteiger partial charge is 0.0656 e. The van der Waals surface area contributed by atoms with Crippen molar-refractivity contribution in [3.8, 4) is 6.07 Å². The van der Waals surface area contributed by atoms with E-state index in [0.29, 0.717) is 11.3 Å². The van der Waals surface area contributed by atoms with Gasteiger partial charge in [-0.25, -0.2) is 0 Å². The van der Waals surface area contributed by atoms with E-state index in [1.807, 2.05) is 0 Å². The molecule has 0 N–H and O–H groups in total. The molecule has 1 heterocycles. The lowest BCUT2D eigenvalue weighted by atomic mass is 9.99. The van der Waals surface area contributed by atoms with Gasteiger partial charge in [-0.05, 0) is 19.8 Å². The van der Waals surface area contributed by atoms with Crippen molar-refractivity contribution in [2.75, 3.05) is 13.1 Å². The third kappa shape index (κ3) is 2.39. The molecule has 1 aliphatic rings. The van der Waals surface area contributed by atoms with Crippen molar-refractivity contribution in [2.45, 2.75) is 25.1 Å². The second-order valence-electron chi connectivity index (χ2n) is 3.07. The van der Waals surface area contributed by atoms with Gasteiger partial charge in [-0.2, -0.15) is 17.9 Å². The maximum atomic E-state index is 8.63. The first-order valence-corrected chi connectivity index (χ1v) is 4.57. The van der Waals surface area contributed by atoms with Gasteiger partial charge in [0.05, 0.1) is 6.07 Å². The van der Waals surface area contributed by atoms with Crippen molar-refractivity contribution >= 4 is 12.6 Å². The lowest BCUT2D eigenvalue weighted by molar-refractivity contribution is 0.200. The summed E-state index contributed by atoms with van der Waals surface area (Å²) in [5.74, 6) is 0.290. The van der Waals surface area contributed by atoms with E-state index in [1.54, 1.807) is 0 Å². The Balaban J connectivity index is 2.31. The van der Waals surface area contributed by atoms with Crippen LogP contribution in [-0.2, 0) is 0 Å². The maximum absolute atomic E-state index is 8.63. The molecule has 0 aliphatic carbocycles. The fourth-order valence-electron chi connectivity index (χ4n) is 1.40. The van der Waals surface area contributed by atoms with Gasteiger partial charge in [-0.15, -0.1) is 0 Å². The molecule has 0 aromatic rings. The number of thiol groups is 1. The molecular weight excluding hydrogens is 156 g/mol. The lowest BCUT2D eigenvalue weighted by Crippen LogP contribution is -2.37. The molecule has 1 atom stereocenters. The summed E-state index contributed by atoms with van der Waals surface area (Å²) < 4.78 is 0. The number of hydrogen-bond donors (Lipinski definition) is 1. The minimum absolute atomic E-state index is 0.290. The van der Waals surface area contributed by atoms with Crippen LogP contribution < -0.4 is 0 Å². The third-order valence-electron chi connectivity index (χ3n) is 2.24. The highest BCUT2D eigenvalue weighted by atomic mass is 32.1. The molecule has 0 bridgehead atoms. The zero-order valence-electron chi connectivity index (χ0n) is 6.82. The van der Waals surface area contributed by atoms with Gasteiger partial charge < -0.3 is 0 Å². The summed E-state index contributed by atoms with van der Waals surface area (Å²) in [6.07, 6.45) is 2.03. The van der Waals surface area contributed by atoms with Crippen molar-refractivity contribution in [3.05, 3.63) is 0 Å². The monoisotopic (exact) mass is 170 g/mol. The number of nitrogens with zero attached hydrogens (tertiary/aromatic N) is 2. The lowest BCUT2D eigenvalue weighted by Gasteiger charge is -2.31. The van der Waals surface area contributed by atoms with Crippen LogP contribution in [0.5, 0.6) is 0 Å². The number of piperidine rings is 1. The highest BCUT2D eigenvalue weighted by Crippen LogP contribution is 2.18. The van der Waals surface area contributed by atoms with Crippen LogP contribution in [0.4, 0.5) is 0 Å². The molecule has 0 saturated carbocycles. The van der Waals surface area contributed by atoms with Gasteiger partial charge in [0.15, 0.2) is 0 Å². The average Bonchev–Trinajstić information content (AvgIpc) is 2.05. The van der Waals surface area contributed by atoms with Crippen LogP contribution >= 0.6 is 12.6 Å². The quantitative estimate of drug-likeness (QED) is 0.604. The first-order valence-electron chi connectivity index (χ1n) is 4.05. The number of hydrogen-bond acceptors (Lipinski definition) is 3. The summed E-state index contributed by atoms with van der Waals surface area (Å²) in [6.45, 7) is 4.14. The van der Waals surface area contributed by atoms with E-state index in [0.717, 1.165) is 25.9 Å². The largest absolute Gasteiger partial charge is 0.292 e. The van der Waals surface area contributed by atoms with Crippen LogP contribution in [0, 0.1) is 17.2 Å². The second-order valence-corrected chi connectivity index (χ2v) is 3.82. The van der Waals surface area contributed by atoms with E-state index in [2.05, 4.69) is 30.5 Å². The van der Waals surface area contributed by atoms with Crippen molar-refractivity contribution in [2.24, 2.45) is 5.92 Å². The Bertz CT molecular complexity index is 154. The van der Waals surface area contributed by atoms with Gasteiger partial charge in [0.25, 0.3) is 0 Å². The van der Waals surface area contributed by atoms with E-state index >= 15 is 0 Å². The highest BCUT2D eigenvalue weighted by Gasteiger charge is 2.20. The van der Waals surface area contributed by atoms with Crippen LogP contribution in [0.15, 0.2) is 0 Å². The van der Waals surface area contributed by atoms with E-state index < -0.39 is 0 Å². The van der Waals surface area contributed by atoms with Gasteiger partial charge in [-0.1, -0.05) is 0 Å². The summed E-state index contributed by atoms with van der Waals surface area (Å²) in [7, 11) is 0. The molecule has 1 rings (SSSR count). The first kappa shape index (κ1) is 8.89. The number of likely N-dealkylation sites (tertiary alicyclic amines) is 1. The molecule has 0 spiro atoms. The molecule has 0 radical (unpaired) electrons. The molecule has 0 aromatic heterocycles. The molecule has 1 aliphatic heterocycles. The Hall–Kier alpha value is -0.200. The standard InChI is InChI=1S/C8H14N2S/c1-7(11)10-4-2-8(6-9)3-5-10/h7-8,11H,2-5H2,1H3. The van der Waals surface area contributed by atoms with Gasteiger partial charge in [0, 0.05) is 24.4 Å². The third-order valence-corrected chi connectivity index (χ3v) is 2.57. The Morgan fingerprint density at radius 1 is 1.55 bits per heavy atom. The van der Waals surface area contributed by atoms with E-state index in [1.165, 1.54) is 0 Å². The summed E-state index contributed by atoms with van der Waals surface area (Å²) in [5, 5.41) is 8.97. The van der Waals surface area contributed by atoms with E-state index in [9.17, 15) is 0 Å². The Kier molecular flexibility index (Phi) is 3.22. The second kappa shape index (κ2) is 3.99. The minimum atomic E-state index is 0.290. The van der Waals surface area contributed by atoms with Crippen LogP contribution in [0.1, 0.15) is 19.8 Å². The van der Waals surface area contributed by atoms with Crippen LogP contribution in [-0.4, -0.2) is 23.4 Å². The average molecular weight is 170 g/mol. The molecular formula is C8H14N2S. The van der Waals surface area contributed by atoms with Crippen molar-refractivity contribution in [3.63, 3.8) is 0 Å². The Labute approximate surface area is 73.6 Å². The van der Waals surface area contributed by atoms with Crippen LogP contribution in [0.3, 0.4) is 0 Å². The highest BCUT2D eigenvalue weighted by molar-refractivity contribution is 7.80. The molecule has 1 saturated heterocycles. The fraction of sp³-hybridized carbons (Fsp3) is 0.875. The zero-order valence-corrected chi connectivity index (χ0v) is 7.72. The van der Waals surface area contributed by atoms with Gasteiger partial charge in [0.1, 0.15) is 0 Å². The van der Waals surface area contributed by atoms with Gasteiger partial charge >= 0.3 is 0 Å². The molecule has 11 heavy (non-hydrogen) atoms. The Morgan fingerprint density at radius 3 is 2.45 bits per heavy atom. The molecule has 1 unspecified atom stereocenters. The zero-order chi connectivity index (χ0) is 8.27. The molecule has 62 valence electrons. The number of rotatable bonds is 1. The topological polar surface area (TPSA) is 27.0 Å². The SMILES string of the molecule is CC(S)N1CCC(C#N)CC1. The minimum Gasteiger partial charge on any atom is -0.292 e. The van der Waals surface area contributed by atoms with Crippen LogP contribution in [0.25, 0.3) is 0 Å². The molecule has 2 nitrogen and oxygen atoms in total. The summed E-state index contributed by atoms with van der Waals surface area (Å²) in [5.41, 5.74) is 0. The van der Waals surface area contributed by atoms with Gasteiger partial charge in [-0.3, -0.25) is 4.90 Å². The van der Waals surface area contributed by atoms with E-state index in [4.69, 9.17) is 5.26 Å². The van der Waals surface area contributed by atoms with Crippen molar-refractivity contribution in [1.29, 1.82) is 5.26 Å². The molecule has 3 heteroatoms. The van der Waals surface area contributed by atoms with Crippen molar-refractivity contribution in [1.82, 2.24) is 4.90 Å².